The average molecular weight is 298 g/mol. The van der Waals surface area contributed by atoms with E-state index in [1.165, 1.54) is 25.7 Å². The number of methoxy groups -OCH3 is 2. The third-order valence-corrected chi connectivity index (χ3v) is 4.58. The zero-order valence-corrected chi connectivity index (χ0v) is 13.3. The highest BCUT2D eigenvalue weighted by Crippen LogP contribution is 2.37. The predicted octanol–water partition coefficient (Wildman–Crippen LogP) is 4.03. The maximum absolute atomic E-state index is 6.39. The second-order valence-electron chi connectivity index (χ2n) is 5.61. The molecule has 0 unspecified atom stereocenters. The molecule has 1 aromatic rings. The first kappa shape index (κ1) is 15.5. The molecule has 1 aliphatic carbocycles. The molecule has 1 N–H and O–H groups in total. The van der Waals surface area contributed by atoms with Crippen LogP contribution in [0.2, 0.25) is 5.02 Å². The van der Waals surface area contributed by atoms with Crippen molar-refractivity contribution in [3.8, 4) is 11.5 Å². The van der Waals surface area contributed by atoms with Crippen LogP contribution >= 0.6 is 11.6 Å². The Hall–Kier alpha value is -0.930. The van der Waals surface area contributed by atoms with E-state index in [4.69, 9.17) is 21.1 Å². The lowest BCUT2D eigenvalue weighted by Gasteiger charge is -2.27. The first-order chi connectivity index (χ1) is 9.65. The van der Waals surface area contributed by atoms with E-state index in [1.807, 2.05) is 12.1 Å². The molecule has 2 rings (SSSR count). The number of hydrogen-bond acceptors (Lipinski definition) is 3. The summed E-state index contributed by atoms with van der Waals surface area (Å²) in [5, 5.41) is 4.25. The van der Waals surface area contributed by atoms with Crippen LogP contribution in [-0.2, 0) is 6.54 Å². The lowest BCUT2D eigenvalue weighted by atomic mass is 9.87. The molecule has 0 radical (unpaired) electrons. The van der Waals surface area contributed by atoms with E-state index in [-0.39, 0.29) is 0 Å². The molecule has 0 saturated heterocycles. The number of rotatable bonds is 5. The molecular weight excluding hydrogens is 274 g/mol. The Balaban J connectivity index is 1.99. The van der Waals surface area contributed by atoms with Gasteiger partial charge >= 0.3 is 0 Å². The molecule has 4 heteroatoms. The van der Waals surface area contributed by atoms with Crippen LogP contribution in [0, 0.1) is 5.92 Å². The summed E-state index contributed by atoms with van der Waals surface area (Å²) >= 11 is 6.39. The van der Waals surface area contributed by atoms with E-state index in [9.17, 15) is 0 Å². The monoisotopic (exact) mass is 297 g/mol. The topological polar surface area (TPSA) is 30.5 Å². The van der Waals surface area contributed by atoms with Gasteiger partial charge in [-0.2, -0.15) is 0 Å². The SMILES string of the molecule is COc1ccc(CNC2CCC(C)CC2)c(Cl)c1OC. The molecule has 0 bridgehead atoms. The highest BCUT2D eigenvalue weighted by atomic mass is 35.5. The summed E-state index contributed by atoms with van der Waals surface area (Å²) in [6.07, 6.45) is 5.15. The summed E-state index contributed by atoms with van der Waals surface area (Å²) in [4.78, 5) is 0. The summed E-state index contributed by atoms with van der Waals surface area (Å²) in [5.74, 6) is 2.16. The van der Waals surface area contributed by atoms with E-state index in [1.54, 1.807) is 14.2 Å². The van der Waals surface area contributed by atoms with Gasteiger partial charge in [0.2, 0.25) is 0 Å². The van der Waals surface area contributed by atoms with Crippen molar-refractivity contribution < 1.29 is 9.47 Å². The van der Waals surface area contributed by atoms with Gasteiger partial charge < -0.3 is 14.8 Å². The van der Waals surface area contributed by atoms with Crippen molar-refractivity contribution in [3.05, 3.63) is 22.7 Å². The summed E-state index contributed by atoms with van der Waals surface area (Å²) in [7, 11) is 3.23. The number of ether oxygens (including phenoxy) is 2. The van der Waals surface area contributed by atoms with Crippen LogP contribution in [0.15, 0.2) is 12.1 Å². The molecule has 1 aromatic carbocycles. The highest BCUT2D eigenvalue weighted by Gasteiger charge is 2.19. The van der Waals surface area contributed by atoms with Crippen molar-refractivity contribution in [2.75, 3.05) is 14.2 Å². The first-order valence-corrected chi connectivity index (χ1v) is 7.66. The lowest BCUT2D eigenvalue weighted by molar-refractivity contribution is 0.306. The Morgan fingerprint density at radius 3 is 2.45 bits per heavy atom. The van der Waals surface area contributed by atoms with Gasteiger partial charge in [-0.25, -0.2) is 0 Å². The molecule has 3 nitrogen and oxygen atoms in total. The van der Waals surface area contributed by atoms with Gasteiger partial charge in [-0.15, -0.1) is 0 Å². The molecule has 0 atom stereocenters. The quantitative estimate of drug-likeness (QED) is 0.890. The average Bonchev–Trinajstić information content (AvgIpc) is 2.47. The van der Waals surface area contributed by atoms with Crippen molar-refractivity contribution in [3.63, 3.8) is 0 Å². The van der Waals surface area contributed by atoms with Crippen molar-refractivity contribution >= 4 is 11.6 Å². The molecular formula is C16H24ClNO2. The van der Waals surface area contributed by atoms with Crippen molar-refractivity contribution in [2.24, 2.45) is 5.92 Å². The van der Waals surface area contributed by atoms with Gasteiger partial charge in [0.05, 0.1) is 19.2 Å². The van der Waals surface area contributed by atoms with Gasteiger partial charge in [0.15, 0.2) is 11.5 Å². The summed E-state index contributed by atoms with van der Waals surface area (Å²) in [6, 6.07) is 4.52. The predicted molar refractivity (Wildman–Crippen MR) is 82.8 cm³/mol. The molecule has 0 aromatic heterocycles. The van der Waals surface area contributed by atoms with Crippen LogP contribution in [-0.4, -0.2) is 20.3 Å². The van der Waals surface area contributed by atoms with Crippen LogP contribution in [0.25, 0.3) is 0 Å². The van der Waals surface area contributed by atoms with Gasteiger partial charge in [-0.3, -0.25) is 0 Å². The third-order valence-electron chi connectivity index (χ3n) is 4.16. The van der Waals surface area contributed by atoms with Gasteiger partial charge in [0.25, 0.3) is 0 Å². The maximum atomic E-state index is 6.39. The van der Waals surface area contributed by atoms with E-state index >= 15 is 0 Å². The normalized spacial score (nSPS) is 22.6. The van der Waals surface area contributed by atoms with Crippen LogP contribution in [0.5, 0.6) is 11.5 Å². The second kappa shape index (κ2) is 7.19. The molecule has 1 aliphatic rings. The Morgan fingerprint density at radius 2 is 1.85 bits per heavy atom. The second-order valence-corrected chi connectivity index (χ2v) is 5.99. The number of halogens is 1. The standard InChI is InChI=1S/C16H24ClNO2/c1-11-4-7-13(8-5-11)18-10-12-6-9-14(19-2)16(20-3)15(12)17/h6,9,11,13,18H,4-5,7-8,10H2,1-3H3. The fraction of sp³-hybridized carbons (Fsp3) is 0.625. The summed E-state index contributed by atoms with van der Waals surface area (Å²) in [6.45, 7) is 3.11. The third kappa shape index (κ3) is 3.58. The Labute approximate surface area is 126 Å². The smallest absolute Gasteiger partial charge is 0.179 e. The summed E-state index contributed by atoms with van der Waals surface area (Å²) in [5.41, 5.74) is 1.06. The Kier molecular flexibility index (Phi) is 5.55. The Morgan fingerprint density at radius 1 is 1.15 bits per heavy atom. The molecule has 0 amide bonds. The molecule has 0 heterocycles. The highest BCUT2D eigenvalue weighted by molar-refractivity contribution is 6.33. The van der Waals surface area contributed by atoms with E-state index < -0.39 is 0 Å². The number of benzene rings is 1. The molecule has 1 saturated carbocycles. The fourth-order valence-electron chi connectivity index (χ4n) is 2.79. The molecule has 112 valence electrons. The van der Waals surface area contributed by atoms with Crippen LogP contribution in [0.4, 0.5) is 0 Å². The first-order valence-electron chi connectivity index (χ1n) is 7.28. The maximum Gasteiger partial charge on any atom is 0.179 e. The Bertz CT molecular complexity index is 442. The van der Waals surface area contributed by atoms with Crippen molar-refractivity contribution in [1.82, 2.24) is 5.32 Å². The van der Waals surface area contributed by atoms with E-state index in [2.05, 4.69) is 12.2 Å². The number of hydrogen-bond donors (Lipinski definition) is 1. The van der Waals surface area contributed by atoms with Gasteiger partial charge in [-0.05, 0) is 43.2 Å². The van der Waals surface area contributed by atoms with Crippen LogP contribution < -0.4 is 14.8 Å². The molecule has 20 heavy (non-hydrogen) atoms. The van der Waals surface area contributed by atoms with Crippen molar-refractivity contribution in [1.29, 1.82) is 0 Å². The molecule has 0 spiro atoms. The minimum atomic E-state index is 0.607. The molecule has 0 aliphatic heterocycles. The van der Waals surface area contributed by atoms with Gasteiger partial charge in [0, 0.05) is 12.6 Å². The largest absolute Gasteiger partial charge is 0.493 e. The van der Waals surface area contributed by atoms with Gasteiger partial charge in [-0.1, -0.05) is 24.6 Å². The molecule has 1 fully saturated rings. The minimum absolute atomic E-state index is 0.607. The van der Waals surface area contributed by atoms with Crippen LogP contribution in [0.1, 0.15) is 38.2 Å². The zero-order chi connectivity index (χ0) is 14.5. The summed E-state index contributed by atoms with van der Waals surface area (Å²) < 4.78 is 10.6. The van der Waals surface area contributed by atoms with E-state index in [0.717, 1.165) is 18.0 Å². The van der Waals surface area contributed by atoms with Crippen molar-refractivity contribution in [2.45, 2.75) is 45.2 Å². The van der Waals surface area contributed by atoms with E-state index in [0.29, 0.717) is 22.6 Å². The van der Waals surface area contributed by atoms with Crippen LogP contribution in [0.3, 0.4) is 0 Å². The van der Waals surface area contributed by atoms with Gasteiger partial charge in [0.1, 0.15) is 0 Å². The minimum Gasteiger partial charge on any atom is -0.493 e. The lowest BCUT2D eigenvalue weighted by Crippen LogP contribution is -2.32. The number of nitrogens with one attached hydrogen (secondary N) is 1. The zero-order valence-electron chi connectivity index (χ0n) is 12.5. The fourth-order valence-corrected chi connectivity index (χ4v) is 3.09.